The maximum absolute atomic E-state index is 13.6. The van der Waals surface area contributed by atoms with Gasteiger partial charge in [0.1, 0.15) is 11.3 Å². The molecule has 35 heavy (non-hydrogen) atoms. The summed E-state index contributed by atoms with van der Waals surface area (Å²) in [4.78, 5) is 39.8. The molecular weight excluding hydrogens is 490 g/mol. The van der Waals surface area contributed by atoms with E-state index in [0.717, 1.165) is 12.0 Å². The van der Waals surface area contributed by atoms with Gasteiger partial charge in [0.15, 0.2) is 5.78 Å². The molecule has 2 unspecified atom stereocenters. The first-order valence-electron chi connectivity index (χ1n) is 11.6. The number of hydrogen-bond donors (Lipinski definition) is 2. The number of Topliss-reactive ketones (excluding diaryl/α,β-unsaturated/α-hetero) is 1. The zero-order chi connectivity index (χ0) is 25.2. The minimum absolute atomic E-state index is 0.156. The molecule has 188 valence electrons. The second-order valence-electron chi connectivity index (χ2n) is 9.81. The number of carbonyl (C=O) groups excluding carboxylic acids is 3. The lowest BCUT2D eigenvalue weighted by Crippen LogP contribution is -2.45. The van der Waals surface area contributed by atoms with Crippen molar-refractivity contribution in [1.29, 1.82) is 0 Å². The molecule has 2 amide bonds. The number of ether oxygens (including phenoxy) is 2. The van der Waals surface area contributed by atoms with Gasteiger partial charge < -0.3 is 14.8 Å². The lowest BCUT2D eigenvalue weighted by Gasteiger charge is -2.28. The van der Waals surface area contributed by atoms with Gasteiger partial charge in [-0.2, -0.15) is 0 Å². The SMILES string of the molecule is CC(C)(C)OC(=O)NN1CSC2=C1C(=O)C(Cc1ccc(Cl)cc1)C=C2C(=O)NCC1CCOC1. The number of allylic oxidation sites excluding steroid dienone is 2. The molecule has 10 heteroatoms. The minimum atomic E-state index is -0.684. The van der Waals surface area contributed by atoms with Crippen LogP contribution in [0.4, 0.5) is 4.79 Å². The Hall–Kier alpha value is -2.49. The smallest absolute Gasteiger partial charge is 0.426 e. The predicted octanol–water partition coefficient (Wildman–Crippen LogP) is 3.82. The van der Waals surface area contributed by atoms with Crippen molar-refractivity contribution in [3.63, 3.8) is 0 Å². The molecule has 1 fully saturated rings. The number of nitrogens with one attached hydrogen (secondary N) is 2. The van der Waals surface area contributed by atoms with E-state index >= 15 is 0 Å². The molecule has 0 radical (unpaired) electrons. The van der Waals surface area contributed by atoms with Gasteiger partial charge in [0.2, 0.25) is 0 Å². The third-order valence-corrected chi connectivity index (χ3v) is 7.16. The largest absolute Gasteiger partial charge is 0.443 e. The van der Waals surface area contributed by atoms with Crippen LogP contribution in [0.5, 0.6) is 0 Å². The fraction of sp³-hybridized carbons (Fsp3) is 0.480. The van der Waals surface area contributed by atoms with Gasteiger partial charge in [0.05, 0.1) is 23.0 Å². The van der Waals surface area contributed by atoms with Crippen molar-refractivity contribution in [3.8, 4) is 0 Å². The predicted molar refractivity (Wildman–Crippen MR) is 134 cm³/mol. The van der Waals surface area contributed by atoms with Gasteiger partial charge in [-0.1, -0.05) is 41.6 Å². The average molecular weight is 520 g/mol. The van der Waals surface area contributed by atoms with Gasteiger partial charge in [-0.15, -0.1) is 0 Å². The highest BCUT2D eigenvalue weighted by Gasteiger charge is 2.40. The van der Waals surface area contributed by atoms with Gasteiger partial charge in [-0.3, -0.25) is 14.6 Å². The van der Waals surface area contributed by atoms with E-state index in [-0.39, 0.29) is 17.6 Å². The molecule has 1 aromatic carbocycles. The van der Waals surface area contributed by atoms with Crippen LogP contribution in [0.3, 0.4) is 0 Å². The van der Waals surface area contributed by atoms with Gasteiger partial charge in [-0.25, -0.2) is 10.2 Å². The van der Waals surface area contributed by atoms with Crippen LogP contribution in [0.1, 0.15) is 32.8 Å². The number of nitrogens with zero attached hydrogens (tertiary/aromatic N) is 1. The monoisotopic (exact) mass is 519 g/mol. The quantitative estimate of drug-likeness (QED) is 0.589. The summed E-state index contributed by atoms with van der Waals surface area (Å²) in [5.41, 5.74) is 3.68. The number of amides is 2. The number of benzene rings is 1. The molecular formula is C25H30ClN3O5S. The molecule has 0 spiro atoms. The van der Waals surface area contributed by atoms with Crippen molar-refractivity contribution in [2.24, 2.45) is 11.8 Å². The number of hydrazine groups is 1. The normalized spacial score (nSPS) is 22.1. The van der Waals surface area contributed by atoms with Crippen molar-refractivity contribution < 1.29 is 23.9 Å². The lowest BCUT2D eigenvalue weighted by molar-refractivity contribution is -0.119. The minimum Gasteiger partial charge on any atom is -0.443 e. The number of thioether (sulfide) groups is 1. The standard InChI is InChI=1S/C25H30ClN3O5S/c1-25(2,3)34-24(32)28-29-14-35-22-19(23(31)27-12-16-8-9-33-13-16)11-17(21(30)20(22)29)10-15-4-6-18(26)7-5-15/h4-7,11,16-17H,8-10,12-14H2,1-3H3,(H,27,31)(H,28,32). The maximum Gasteiger partial charge on any atom is 0.426 e. The first-order valence-corrected chi connectivity index (χ1v) is 13.0. The number of ketones is 1. The summed E-state index contributed by atoms with van der Waals surface area (Å²) >= 11 is 7.36. The molecule has 3 aliphatic rings. The second kappa shape index (κ2) is 10.6. The first kappa shape index (κ1) is 25.6. The molecule has 4 rings (SSSR count). The third-order valence-electron chi connectivity index (χ3n) is 5.82. The van der Waals surface area contributed by atoms with E-state index in [9.17, 15) is 14.4 Å². The summed E-state index contributed by atoms with van der Waals surface area (Å²) in [6.07, 6.45) is 2.41. The molecule has 0 saturated carbocycles. The Morgan fingerprint density at radius 2 is 2.00 bits per heavy atom. The van der Waals surface area contributed by atoms with Crippen molar-refractivity contribution in [3.05, 3.63) is 57.1 Å². The van der Waals surface area contributed by atoms with Crippen LogP contribution in [0.15, 0.2) is 46.5 Å². The van der Waals surface area contributed by atoms with Gasteiger partial charge in [0, 0.05) is 30.0 Å². The number of hydrogen-bond acceptors (Lipinski definition) is 7. The molecule has 1 aromatic rings. The number of carbonyl (C=O) groups is 3. The van der Waals surface area contributed by atoms with E-state index < -0.39 is 17.6 Å². The molecule has 2 atom stereocenters. The summed E-state index contributed by atoms with van der Waals surface area (Å²) in [6.45, 7) is 7.16. The molecule has 2 N–H and O–H groups in total. The van der Waals surface area contributed by atoms with Gasteiger partial charge in [-0.05, 0) is 51.3 Å². The van der Waals surface area contributed by atoms with E-state index in [0.29, 0.717) is 53.3 Å². The van der Waals surface area contributed by atoms with Crippen LogP contribution >= 0.6 is 23.4 Å². The maximum atomic E-state index is 13.6. The molecule has 0 aromatic heterocycles. The van der Waals surface area contributed by atoms with Gasteiger partial charge in [0.25, 0.3) is 5.91 Å². The molecule has 8 nitrogen and oxygen atoms in total. The van der Waals surface area contributed by atoms with Crippen LogP contribution in [-0.2, 0) is 25.5 Å². The summed E-state index contributed by atoms with van der Waals surface area (Å²) in [5, 5.41) is 5.10. The van der Waals surface area contributed by atoms with E-state index in [4.69, 9.17) is 21.1 Å². The fourth-order valence-electron chi connectivity index (χ4n) is 4.14. The lowest BCUT2D eigenvalue weighted by atomic mass is 9.86. The molecule has 0 bridgehead atoms. The summed E-state index contributed by atoms with van der Waals surface area (Å²) < 4.78 is 10.8. The highest BCUT2D eigenvalue weighted by atomic mass is 35.5. The van der Waals surface area contributed by atoms with Crippen LogP contribution in [-0.4, -0.2) is 54.0 Å². The Morgan fingerprint density at radius 1 is 1.26 bits per heavy atom. The molecule has 2 heterocycles. The van der Waals surface area contributed by atoms with Crippen molar-refractivity contribution >= 4 is 41.1 Å². The molecule has 1 saturated heterocycles. The zero-order valence-corrected chi connectivity index (χ0v) is 21.6. The Balaban J connectivity index is 1.58. The van der Waals surface area contributed by atoms with Crippen LogP contribution in [0.25, 0.3) is 0 Å². The Labute approximate surface area is 214 Å². The van der Waals surface area contributed by atoms with Crippen molar-refractivity contribution in [1.82, 2.24) is 15.8 Å². The van der Waals surface area contributed by atoms with Crippen LogP contribution in [0.2, 0.25) is 5.02 Å². The first-order chi connectivity index (χ1) is 16.6. The molecule has 1 aliphatic carbocycles. The Kier molecular flexibility index (Phi) is 7.78. The van der Waals surface area contributed by atoms with E-state index in [1.54, 1.807) is 39.0 Å². The molecule has 2 aliphatic heterocycles. The highest BCUT2D eigenvalue weighted by Crippen LogP contribution is 2.42. The van der Waals surface area contributed by atoms with Crippen LogP contribution in [0, 0.1) is 11.8 Å². The zero-order valence-electron chi connectivity index (χ0n) is 20.1. The van der Waals surface area contributed by atoms with Crippen molar-refractivity contribution in [2.75, 3.05) is 25.6 Å². The second-order valence-corrected chi connectivity index (χ2v) is 11.2. The summed E-state index contributed by atoms with van der Waals surface area (Å²) in [7, 11) is 0. The fourth-order valence-corrected chi connectivity index (χ4v) is 5.39. The Bertz CT molecular complexity index is 1060. The third kappa shape index (κ3) is 6.39. The topological polar surface area (TPSA) is 97.0 Å². The summed E-state index contributed by atoms with van der Waals surface area (Å²) in [5.74, 6) is -0.372. The highest BCUT2D eigenvalue weighted by molar-refractivity contribution is 8.03. The summed E-state index contributed by atoms with van der Waals surface area (Å²) in [6, 6.07) is 7.29. The van der Waals surface area contributed by atoms with Crippen molar-refractivity contribution in [2.45, 2.75) is 39.2 Å². The van der Waals surface area contributed by atoms with E-state index in [1.807, 2.05) is 12.1 Å². The van der Waals surface area contributed by atoms with Crippen LogP contribution < -0.4 is 10.7 Å². The number of halogens is 1. The number of rotatable bonds is 6. The van der Waals surface area contributed by atoms with Gasteiger partial charge >= 0.3 is 6.09 Å². The van der Waals surface area contributed by atoms with E-state index in [1.165, 1.54) is 16.8 Å². The van der Waals surface area contributed by atoms with E-state index in [2.05, 4.69) is 10.7 Å². The average Bonchev–Trinajstić information content (AvgIpc) is 3.44. The Morgan fingerprint density at radius 3 is 2.66 bits per heavy atom.